The summed E-state index contributed by atoms with van der Waals surface area (Å²) in [7, 11) is -0.427. The van der Waals surface area contributed by atoms with E-state index in [9.17, 15) is 4.57 Å². The largest absolute Gasteiger partial charge is 0.544 e. The lowest BCUT2D eigenvalue weighted by atomic mass is 10.8. The lowest BCUT2D eigenvalue weighted by Gasteiger charge is -1.90. The standard InChI is InChI=1S/C4H8Cl2O3P/c1-8-2-3-9-10(7)4(5)6/h4H,2-3H2,1H3/q+1. The Morgan fingerprint density at radius 1 is 1.50 bits per heavy atom. The fraction of sp³-hybridized carbons (Fsp3) is 1.00. The van der Waals surface area contributed by atoms with E-state index >= 15 is 0 Å². The first-order chi connectivity index (χ1) is 4.68. The van der Waals surface area contributed by atoms with Crippen molar-refractivity contribution >= 4 is 31.2 Å². The highest BCUT2D eigenvalue weighted by molar-refractivity contribution is 7.45. The molecule has 0 fully saturated rings. The maximum atomic E-state index is 10.6. The van der Waals surface area contributed by atoms with Crippen LogP contribution in [0.1, 0.15) is 0 Å². The van der Waals surface area contributed by atoms with Gasteiger partial charge >= 0.3 is 12.6 Å². The molecule has 60 valence electrons. The zero-order valence-corrected chi connectivity index (χ0v) is 7.83. The van der Waals surface area contributed by atoms with Crippen LogP contribution in [0.25, 0.3) is 0 Å². The van der Waals surface area contributed by atoms with Crippen LogP contribution in [0.4, 0.5) is 0 Å². The molecule has 0 rings (SSSR count). The number of methoxy groups -OCH3 is 1. The molecule has 1 unspecified atom stereocenters. The summed E-state index contributed by atoms with van der Waals surface area (Å²) >= 11 is 10.4. The fourth-order valence-corrected chi connectivity index (χ4v) is 0.972. The Bertz CT molecular complexity index is 109. The van der Waals surface area contributed by atoms with Gasteiger partial charge in [0.15, 0.2) is 0 Å². The molecule has 0 aromatic rings. The number of alkyl halides is 2. The number of hydrogen-bond donors (Lipinski definition) is 0. The summed E-state index contributed by atoms with van der Waals surface area (Å²) in [6.07, 6.45) is 0. The quantitative estimate of drug-likeness (QED) is 0.392. The lowest BCUT2D eigenvalue weighted by molar-refractivity contribution is 0.150. The van der Waals surface area contributed by atoms with E-state index in [0.29, 0.717) is 6.61 Å². The maximum Gasteiger partial charge on any atom is 0.544 e. The van der Waals surface area contributed by atoms with E-state index in [1.165, 1.54) is 7.11 Å². The van der Waals surface area contributed by atoms with Crippen molar-refractivity contribution in [2.45, 2.75) is 4.58 Å². The fourth-order valence-electron chi connectivity index (χ4n) is 0.267. The van der Waals surface area contributed by atoms with Crippen LogP contribution >= 0.6 is 31.2 Å². The average molecular weight is 206 g/mol. The molecule has 0 aromatic carbocycles. The molecule has 0 bridgehead atoms. The first-order valence-electron chi connectivity index (χ1n) is 2.55. The smallest absolute Gasteiger partial charge is 0.382 e. The summed E-state index contributed by atoms with van der Waals surface area (Å²) in [5.41, 5.74) is 0. The Morgan fingerprint density at radius 2 is 2.10 bits per heavy atom. The molecular formula is C4H8Cl2O3P+. The van der Waals surface area contributed by atoms with Crippen molar-refractivity contribution in [3.63, 3.8) is 0 Å². The second kappa shape index (κ2) is 6.32. The summed E-state index contributed by atoms with van der Waals surface area (Å²) in [5.74, 6) is 0. The van der Waals surface area contributed by atoms with E-state index in [4.69, 9.17) is 23.2 Å². The van der Waals surface area contributed by atoms with Crippen LogP contribution in [0, 0.1) is 0 Å². The van der Waals surface area contributed by atoms with Crippen LogP contribution in [0.5, 0.6) is 0 Å². The highest BCUT2D eigenvalue weighted by atomic mass is 35.5. The molecule has 0 aliphatic carbocycles. The van der Waals surface area contributed by atoms with Gasteiger partial charge in [-0.1, -0.05) is 0 Å². The third-order valence-electron chi connectivity index (χ3n) is 0.665. The van der Waals surface area contributed by atoms with Crippen LogP contribution in [0.3, 0.4) is 0 Å². The summed E-state index contributed by atoms with van der Waals surface area (Å²) in [6, 6.07) is 0. The molecule has 0 amide bonds. The third kappa shape index (κ3) is 5.39. The molecule has 0 saturated heterocycles. The van der Waals surface area contributed by atoms with Gasteiger partial charge in [-0.15, -0.1) is 4.52 Å². The topological polar surface area (TPSA) is 35.5 Å². The van der Waals surface area contributed by atoms with Gasteiger partial charge in [0.05, 0.1) is 6.61 Å². The van der Waals surface area contributed by atoms with Gasteiger partial charge in [-0.3, -0.25) is 0 Å². The molecule has 0 saturated carbocycles. The first-order valence-corrected chi connectivity index (χ1v) is 4.66. The van der Waals surface area contributed by atoms with E-state index in [0.717, 1.165) is 0 Å². The lowest BCUT2D eigenvalue weighted by Crippen LogP contribution is -1.97. The van der Waals surface area contributed by atoms with Gasteiger partial charge in [-0.05, 0) is 27.8 Å². The summed E-state index contributed by atoms with van der Waals surface area (Å²) in [5, 5.41) is 0. The van der Waals surface area contributed by atoms with Crippen LogP contribution in [-0.4, -0.2) is 24.9 Å². The van der Waals surface area contributed by atoms with E-state index < -0.39 is 12.6 Å². The molecule has 0 spiro atoms. The second-order valence-electron chi connectivity index (χ2n) is 1.39. The van der Waals surface area contributed by atoms with Crippen LogP contribution in [-0.2, 0) is 13.8 Å². The maximum absolute atomic E-state index is 10.6. The van der Waals surface area contributed by atoms with Crippen molar-refractivity contribution in [3.05, 3.63) is 0 Å². The van der Waals surface area contributed by atoms with Gasteiger partial charge in [0.25, 0.3) is 0 Å². The molecule has 1 atom stereocenters. The van der Waals surface area contributed by atoms with Gasteiger partial charge in [0.1, 0.15) is 6.61 Å². The van der Waals surface area contributed by atoms with Crippen molar-refractivity contribution in [1.29, 1.82) is 0 Å². The summed E-state index contributed by atoms with van der Waals surface area (Å²) in [4.78, 5) is 0. The van der Waals surface area contributed by atoms with Gasteiger partial charge < -0.3 is 4.74 Å². The minimum absolute atomic E-state index is 0.252. The highest BCUT2D eigenvalue weighted by Crippen LogP contribution is 2.34. The number of hydrogen-bond acceptors (Lipinski definition) is 3. The SMILES string of the molecule is COCCO[P+](=O)C(Cl)Cl. The second-order valence-corrected chi connectivity index (χ2v) is 4.44. The zero-order chi connectivity index (χ0) is 7.98. The highest BCUT2D eigenvalue weighted by Gasteiger charge is 2.27. The molecule has 0 aromatic heterocycles. The minimum atomic E-state index is -1.95. The number of rotatable bonds is 5. The minimum Gasteiger partial charge on any atom is -0.382 e. The van der Waals surface area contributed by atoms with Gasteiger partial charge in [-0.25, -0.2) is 0 Å². The number of ether oxygens (including phenoxy) is 1. The van der Waals surface area contributed by atoms with E-state index in [1.807, 2.05) is 0 Å². The Hall–Kier alpha value is 0.600. The molecule has 0 heterocycles. The first kappa shape index (κ1) is 10.6. The normalized spacial score (nSPS) is 12.2. The van der Waals surface area contributed by atoms with Gasteiger partial charge in [0.2, 0.25) is 0 Å². The molecule has 3 nitrogen and oxygen atoms in total. The van der Waals surface area contributed by atoms with Crippen molar-refractivity contribution in [1.82, 2.24) is 0 Å². The Balaban J connectivity index is 3.22. The molecule has 0 N–H and O–H groups in total. The van der Waals surface area contributed by atoms with Crippen LogP contribution in [0.2, 0.25) is 0 Å². The zero-order valence-electron chi connectivity index (χ0n) is 5.42. The van der Waals surface area contributed by atoms with Crippen molar-refractivity contribution in [2.75, 3.05) is 20.3 Å². The Kier molecular flexibility index (Phi) is 6.70. The molecule has 0 radical (unpaired) electrons. The van der Waals surface area contributed by atoms with E-state index in [2.05, 4.69) is 9.26 Å². The summed E-state index contributed by atoms with van der Waals surface area (Å²) < 4.78 is 19.0. The molecular weight excluding hydrogens is 198 g/mol. The van der Waals surface area contributed by atoms with E-state index in [1.54, 1.807) is 0 Å². The molecule has 0 aliphatic heterocycles. The van der Waals surface area contributed by atoms with Crippen molar-refractivity contribution in [2.24, 2.45) is 0 Å². The molecule has 6 heteroatoms. The van der Waals surface area contributed by atoms with Crippen molar-refractivity contribution in [3.8, 4) is 0 Å². The van der Waals surface area contributed by atoms with Crippen LogP contribution in [0.15, 0.2) is 0 Å². The Morgan fingerprint density at radius 3 is 2.50 bits per heavy atom. The van der Waals surface area contributed by atoms with Crippen LogP contribution < -0.4 is 0 Å². The third-order valence-corrected chi connectivity index (χ3v) is 2.38. The number of halogens is 2. The van der Waals surface area contributed by atoms with Gasteiger partial charge in [0, 0.05) is 7.11 Å². The Labute approximate surface area is 70.5 Å². The summed E-state index contributed by atoms with van der Waals surface area (Å²) in [6.45, 7) is 0.642. The average Bonchev–Trinajstić information content (AvgIpc) is 1.88. The van der Waals surface area contributed by atoms with Gasteiger partial charge in [-0.2, -0.15) is 0 Å². The predicted octanol–water partition coefficient (Wildman–Crippen LogP) is 2.15. The predicted molar refractivity (Wildman–Crippen MR) is 40.9 cm³/mol. The monoisotopic (exact) mass is 205 g/mol. The van der Waals surface area contributed by atoms with E-state index in [-0.39, 0.29) is 6.61 Å². The molecule has 10 heavy (non-hydrogen) atoms. The van der Waals surface area contributed by atoms with Crippen molar-refractivity contribution < 1.29 is 13.8 Å². The molecule has 0 aliphatic rings.